The molecule has 0 aromatic rings. The molecule has 0 amide bonds. The molecule has 1 aliphatic rings. The summed E-state index contributed by atoms with van der Waals surface area (Å²) in [5.41, 5.74) is 2.63. The molecule has 0 aromatic heterocycles. The van der Waals surface area contributed by atoms with E-state index < -0.39 is 42.3 Å². The minimum Gasteiger partial charge on any atom is -0.456 e. The summed E-state index contributed by atoms with van der Waals surface area (Å²) >= 11 is 1.64. The lowest BCUT2D eigenvalue weighted by Crippen LogP contribution is -2.58. The number of carbonyl (C=O) groups is 3. The number of rotatable bonds is 10. The fourth-order valence-corrected chi connectivity index (χ4v) is 4.09. The molecule has 1 saturated heterocycles. The molecule has 0 saturated carbocycles. The molecule has 0 aliphatic carbocycles. The molecule has 1 rings (SSSR count). The Morgan fingerprint density at radius 2 is 1.50 bits per heavy atom. The molecule has 1 aliphatic heterocycles. The van der Waals surface area contributed by atoms with Gasteiger partial charge in [0.1, 0.15) is 6.10 Å². The van der Waals surface area contributed by atoms with Crippen molar-refractivity contribution in [3.8, 4) is 0 Å². The molecule has 0 aromatic carbocycles. The maximum atomic E-state index is 11.6. The van der Waals surface area contributed by atoms with Crippen molar-refractivity contribution in [2.45, 2.75) is 78.8 Å². The zero-order valence-corrected chi connectivity index (χ0v) is 19.6. The largest absolute Gasteiger partial charge is 0.456 e. The second-order valence-corrected chi connectivity index (χ2v) is 8.65. The van der Waals surface area contributed by atoms with Crippen molar-refractivity contribution in [2.75, 3.05) is 18.1 Å². The third-order valence-electron chi connectivity index (χ3n) is 4.38. The topological polar surface area (TPSA) is 88.1 Å². The summed E-state index contributed by atoms with van der Waals surface area (Å²) in [7, 11) is 0. The molecule has 0 radical (unpaired) electrons. The minimum absolute atomic E-state index is 0.0675. The van der Waals surface area contributed by atoms with Crippen LogP contribution < -0.4 is 0 Å². The van der Waals surface area contributed by atoms with Crippen molar-refractivity contribution < 1.29 is 33.3 Å². The van der Waals surface area contributed by atoms with Crippen LogP contribution in [0.3, 0.4) is 0 Å². The van der Waals surface area contributed by atoms with Gasteiger partial charge in [-0.05, 0) is 33.6 Å². The second-order valence-electron chi connectivity index (χ2n) is 7.58. The Bertz CT molecular complexity index is 652. The number of allylic oxidation sites excluding steroid dienone is 3. The number of hydrogen-bond acceptors (Lipinski definition) is 8. The Morgan fingerprint density at radius 1 is 0.900 bits per heavy atom. The molecule has 4 atom stereocenters. The molecule has 170 valence electrons. The lowest BCUT2D eigenvalue weighted by atomic mass is 10.00. The Hall–Kier alpha value is -1.80. The van der Waals surface area contributed by atoms with Crippen molar-refractivity contribution in [2.24, 2.45) is 0 Å². The fraction of sp³-hybridized carbons (Fsp3) is 0.682. The summed E-state index contributed by atoms with van der Waals surface area (Å²) in [4.78, 5) is 34.6. The summed E-state index contributed by atoms with van der Waals surface area (Å²) in [6.45, 7) is 10.2. The van der Waals surface area contributed by atoms with Crippen LogP contribution in [0.5, 0.6) is 0 Å². The zero-order chi connectivity index (χ0) is 22.7. The van der Waals surface area contributed by atoms with Crippen molar-refractivity contribution in [3.05, 3.63) is 23.3 Å². The number of ether oxygens (including phenoxy) is 4. The highest BCUT2D eigenvalue weighted by Crippen LogP contribution is 2.27. The van der Waals surface area contributed by atoms with E-state index >= 15 is 0 Å². The van der Waals surface area contributed by atoms with E-state index in [4.69, 9.17) is 18.9 Å². The Morgan fingerprint density at radius 3 is 2.07 bits per heavy atom. The van der Waals surface area contributed by atoms with E-state index in [-0.39, 0.29) is 6.61 Å². The summed E-state index contributed by atoms with van der Waals surface area (Å²) in [6.07, 6.45) is 3.38. The first-order valence-electron chi connectivity index (χ1n) is 10.1. The maximum Gasteiger partial charge on any atom is 0.303 e. The maximum absolute atomic E-state index is 11.6. The molecule has 8 heteroatoms. The lowest BCUT2D eigenvalue weighted by molar-refractivity contribution is -0.222. The molecule has 7 nitrogen and oxygen atoms in total. The van der Waals surface area contributed by atoms with Gasteiger partial charge in [-0.2, -0.15) is 11.8 Å². The van der Waals surface area contributed by atoms with Crippen LogP contribution in [0.4, 0.5) is 0 Å². The van der Waals surface area contributed by atoms with Crippen LogP contribution in [0.1, 0.15) is 54.4 Å². The molecule has 0 spiro atoms. The van der Waals surface area contributed by atoms with Gasteiger partial charge in [-0.15, -0.1) is 0 Å². The van der Waals surface area contributed by atoms with Gasteiger partial charge in [-0.25, -0.2) is 0 Å². The average molecular weight is 443 g/mol. The summed E-state index contributed by atoms with van der Waals surface area (Å²) in [5.74, 6) is -0.255. The van der Waals surface area contributed by atoms with Crippen LogP contribution in [0.2, 0.25) is 0 Å². The molecular formula is C22H34O7S. The van der Waals surface area contributed by atoms with Crippen LogP contribution in [0.25, 0.3) is 0 Å². The van der Waals surface area contributed by atoms with E-state index in [1.807, 2.05) is 0 Å². The van der Waals surface area contributed by atoms with E-state index in [0.29, 0.717) is 5.75 Å². The van der Waals surface area contributed by atoms with E-state index in [0.717, 1.165) is 18.6 Å². The van der Waals surface area contributed by atoms with E-state index in [2.05, 4.69) is 32.9 Å². The van der Waals surface area contributed by atoms with Gasteiger partial charge in [0.2, 0.25) is 0 Å². The Balaban J connectivity index is 2.74. The molecule has 0 bridgehead atoms. The van der Waals surface area contributed by atoms with Crippen LogP contribution in [0.15, 0.2) is 23.3 Å². The van der Waals surface area contributed by atoms with Crippen molar-refractivity contribution in [1.82, 2.24) is 0 Å². The second kappa shape index (κ2) is 13.5. The van der Waals surface area contributed by atoms with Gasteiger partial charge in [-0.1, -0.05) is 23.3 Å². The summed E-state index contributed by atoms with van der Waals surface area (Å²) in [5, 5.41) is 0. The highest BCUT2D eigenvalue weighted by Gasteiger charge is 2.46. The number of thioether (sulfide) groups is 1. The first-order chi connectivity index (χ1) is 14.1. The van der Waals surface area contributed by atoms with Crippen molar-refractivity contribution in [3.63, 3.8) is 0 Å². The van der Waals surface area contributed by atoms with Gasteiger partial charge in [0.25, 0.3) is 0 Å². The summed E-state index contributed by atoms with van der Waals surface area (Å²) < 4.78 is 21.8. The number of hydrogen-bond donors (Lipinski definition) is 0. The first-order valence-corrected chi connectivity index (χ1v) is 11.3. The predicted molar refractivity (Wildman–Crippen MR) is 116 cm³/mol. The van der Waals surface area contributed by atoms with E-state index in [1.54, 1.807) is 11.8 Å². The molecule has 1 heterocycles. The monoisotopic (exact) mass is 442 g/mol. The lowest BCUT2D eigenvalue weighted by Gasteiger charge is -2.40. The third-order valence-corrected chi connectivity index (χ3v) is 5.34. The van der Waals surface area contributed by atoms with Gasteiger partial charge >= 0.3 is 17.9 Å². The number of esters is 3. The molecule has 30 heavy (non-hydrogen) atoms. The molecular weight excluding hydrogens is 408 g/mol. The van der Waals surface area contributed by atoms with Gasteiger partial charge < -0.3 is 18.9 Å². The summed E-state index contributed by atoms with van der Waals surface area (Å²) in [6, 6.07) is 0. The average Bonchev–Trinajstić information content (AvgIpc) is 2.61. The fourth-order valence-electron chi connectivity index (χ4n) is 3.03. The van der Waals surface area contributed by atoms with Gasteiger partial charge in [0.15, 0.2) is 18.3 Å². The normalized spacial score (nSPS) is 24.0. The standard InChI is InChI=1S/C22H34O7S/c1-14(2)8-7-9-15(3)10-11-30-13-20-22(29-18(6)25)21(28-17(5)24)19(12-26-20)27-16(4)23/h8,10,19-22H,7,9,11-13H2,1-6H3/b15-10+/t19-,20+,21?,22?/m1/s1. The van der Waals surface area contributed by atoms with E-state index in [1.165, 1.54) is 31.9 Å². The highest BCUT2D eigenvalue weighted by atomic mass is 32.2. The van der Waals surface area contributed by atoms with Crippen molar-refractivity contribution in [1.29, 1.82) is 0 Å². The van der Waals surface area contributed by atoms with Crippen LogP contribution in [-0.4, -0.2) is 60.4 Å². The smallest absolute Gasteiger partial charge is 0.303 e. The SMILES string of the molecule is CC(=O)OC1C(OC(C)=O)[C@H](OC(C)=O)CO[C@H]1CSC/C=C(\C)CCC=C(C)C. The van der Waals surface area contributed by atoms with Gasteiger partial charge in [0, 0.05) is 32.3 Å². The molecule has 0 N–H and O–H groups in total. The zero-order valence-electron chi connectivity index (χ0n) is 18.8. The number of carbonyl (C=O) groups excluding carboxylic acids is 3. The third kappa shape index (κ3) is 10.3. The van der Waals surface area contributed by atoms with Crippen LogP contribution in [0, 0.1) is 0 Å². The Kier molecular flexibility index (Phi) is 11.8. The van der Waals surface area contributed by atoms with Gasteiger partial charge in [-0.3, -0.25) is 14.4 Å². The molecule has 1 fully saturated rings. The van der Waals surface area contributed by atoms with Crippen molar-refractivity contribution >= 4 is 29.7 Å². The molecule has 2 unspecified atom stereocenters. The van der Waals surface area contributed by atoms with Crippen LogP contribution in [-0.2, 0) is 33.3 Å². The van der Waals surface area contributed by atoms with E-state index in [9.17, 15) is 14.4 Å². The first kappa shape index (κ1) is 26.2. The Labute approximate surface area is 183 Å². The minimum atomic E-state index is -0.906. The van der Waals surface area contributed by atoms with Gasteiger partial charge in [0.05, 0.1) is 6.61 Å². The highest BCUT2D eigenvalue weighted by molar-refractivity contribution is 7.99. The van der Waals surface area contributed by atoms with Crippen LogP contribution >= 0.6 is 11.8 Å². The quantitative estimate of drug-likeness (QED) is 0.219. The predicted octanol–water partition coefficient (Wildman–Crippen LogP) is 3.61.